The van der Waals surface area contributed by atoms with E-state index in [9.17, 15) is 9.59 Å². The Hall–Kier alpha value is -1.84. The van der Waals surface area contributed by atoms with E-state index in [0.29, 0.717) is 0 Å². The lowest BCUT2D eigenvalue weighted by atomic mass is 10.0. The number of carbonyl (C=O) groups is 2. The molecule has 0 atom stereocenters. The van der Waals surface area contributed by atoms with E-state index in [0.717, 1.165) is 29.7 Å². The van der Waals surface area contributed by atoms with Gasteiger partial charge in [0, 0.05) is 5.69 Å². The Morgan fingerprint density at radius 1 is 1.11 bits per heavy atom. The van der Waals surface area contributed by atoms with E-state index in [1.54, 1.807) is 6.92 Å². The van der Waals surface area contributed by atoms with E-state index < -0.39 is 11.9 Å². The molecule has 0 radical (unpaired) electrons. The zero-order valence-electron chi connectivity index (χ0n) is 11.1. The van der Waals surface area contributed by atoms with Crippen LogP contribution in [0.15, 0.2) is 18.2 Å². The Morgan fingerprint density at radius 2 is 1.67 bits per heavy atom. The molecule has 0 heterocycles. The van der Waals surface area contributed by atoms with Crippen LogP contribution in [-0.4, -0.2) is 18.5 Å². The smallest absolute Gasteiger partial charge is 0.397 e. The molecular formula is C14H19NO3. The predicted molar refractivity (Wildman–Crippen MR) is 70.5 cm³/mol. The van der Waals surface area contributed by atoms with Gasteiger partial charge in [-0.15, -0.1) is 0 Å². The maximum absolute atomic E-state index is 11.7. The minimum absolute atomic E-state index is 0.197. The van der Waals surface area contributed by atoms with Crippen molar-refractivity contribution < 1.29 is 14.3 Å². The first-order chi connectivity index (χ1) is 8.63. The van der Waals surface area contributed by atoms with Crippen LogP contribution in [0.3, 0.4) is 0 Å². The van der Waals surface area contributed by atoms with Crippen LogP contribution in [-0.2, 0) is 27.2 Å². The fourth-order valence-corrected chi connectivity index (χ4v) is 1.76. The number of nitrogens with one attached hydrogen (secondary N) is 1. The van der Waals surface area contributed by atoms with Gasteiger partial charge in [0.25, 0.3) is 0 Å². The number of ether oxygens (including phenoxy) is 1. The van der Waals surface area contributed by atoms with Crippen molar-refractivity contribution in [3.63, 3.8) is 0 Å². The zero-order chi connectivity index (χ0) is 13.5. The van der Waals surface area contributed by atoms with E-state index in [1.807, 2.05) is 32.0 Å². The first-order valence-electron chi connectivity index (χ1n) is 6.22. The van der Waals surface area contributed by atoms with Gasteiger partial charge in [0.1, 0.15) is 0 Å². The molecule has 18 heavy (non-hydrogen) atoms. The molecule has 0 aromatic heterocycles. The van der Waals surface area contributed by atoms with Gasteiger partial charge in [-0.25, -0.2) is 4.79 Å². The number of anilines is 1. The lowest BCUT2D eigenvalue weighted by molar-refractivity contribution is -0.152. The highest BCUT2D eigenvalue weighted by atomic mass is 16.5. The van der Waals surface area contributed by atoms with Crippen molar-refractivity contribution >= 4 is 17.6 Å². The molecule has 1 aromatic carbocycles. The van der Waals surface area contributed by atoms with Crippen molar-refractivity contribution in [2.24, 2.45) is 0 Å². The molecule has 0 unspecified atom stereocenters. The van der Waals surface area contributed by atoms with Gasteiger partial charge in [0.05, 0.1) is 6.61 Å². The highest BCUT2D eigenvalue weighted by Crippen LogP contribution is 2.22. The molecule has 0 aliphatic rings. The zero-order valence-corrected chi connectivity index (χ0v) is 11.1. The quantitative estimate of drug-likeness (QED) is 0.658. The first kappa shape index (κ1) is 14.2. The second-order valence-corrected chi connectivity index (χ2v) is 3.83. The number of hydrogen-bond donors (Lipinski definition) is 1. The molecule has 0 saturated heterocycles. The van der Waals surface area contributed by atoms with Gasteiger partial charge in [0.2, 0.25) is 0 Å². The summed E-state index contributed by atoms with van der Waals surface area (Å²) in [6, 6.07) is 5.84. The summed E-state index contributed by atoms with van der Waals surface area (Å²) >= 11 is 0. The Kier molecular flexibility index (Phi) is 5.36. The van der Waals surface area contributed by atoms with E-state index in [4.69, 9.17) is 0 Å². The maximum atomic E-state index is 11.7. The van der Waals surface area contributed by atoms with Crippen LogP contribution in [0.2, 0.25) is 0 Å². The molecule has 0 bridgehead atoms. The highest BCUT2D eigenvalue weighted by Gasteiger charge is 2.17. The highest BCUT2D eigenvalue weighted by molar-refractivity contribution is 6.37. The van der Waals surface area contributed by atoms with E-state index in [1.165, 1.54) is 0 Å². The summed E-state index contributed by atoms with van der Waals surface area (Å²) < 4.78 is 4.67. The van der Waals surface area contributed by atoms with Gasteiger partial charge in [-0.2, -0.15) is 0 Å². The summed E-state index contributed by atoms with van der Waals surface area (Å²) in [6.07, 6.45) is 1.60. The van der Waals surface area contributed by atoms with Crippen molar-refractivity contribution in [1.29, 1.82) is 0 Å². The van der Waals surface area contributed by atoms with Gasteiger partial charge < -0.3 is 10.1 Å². The average molecular weight is 249 g/mol. The molecule has 0 aliphatic carbocycles. The SMILES string of the molecule is CCOC(=O)C(=O)Nc1c(CC)cccc1CC. The normalized spacial score (nSPS) is 9.94. The van der Waals surface area contributed by atoms with Crippen LogP contribution in [0.4, 0.5) is 5.69 Å². The molecule has 98 valence electrons. The number of amides is 1. The number of esters is 1. The second kappa shape index (κ2) is 6.79. The van der Waals surface area contributed by atoms with Crippen molar-refractivity contribution in [2.75, 3.05) is 11.9 Å². The molecule has 1 rings (SSSR count). The third kappa shape index (κ3) is 3.32. The lowest BCUT2D eigenvalue weighted by Crippen LogP contribution is -2.26. The Bertz CT molecular complexity index is 418. The van der Waals surface area contributed by atoms with Gasteiger partial charge in [-0.1, -0.05) is 32.0 Å². The van der Waals surface area contributed by atoms with Gasteiger partial charge in [0.15, 0.2) is 0 Å². The van der Waals surface area contributed by atoms with Crippen molar-refractivity contribution in [1.82, 2.24) is 0 Å². The summed E-state index contributed by atoms with van der Waals surface area (Å²) in [5.74, 6) is -1.56. The predicted octanol–water partition coefficient (Wildman–Crippen LogP) is 2.31. The first-order valence-corrected chi connectivity index (χ1v) is 6.22. The molecule has 4 nitrogen and oxygen atoms in total. The summed E-state index contributed by atoms with van der Waals surface area (Å²) in [4.78, 5) is 23.0. The number of carbonyl (C=O) groups excluding carboxylic acids is 2. The van der Waals surface area contributed by atoms with Crippen LogP contribution >= 0.6 is 0 Å². The second-order valence-electron chi connectivity index (χ2n) is 3.83. The van der Waals surface area contributed by atoms with Gasteiger partial charge >= 0.3 is 11.9 Å². The summed E-state index contributed by atoms with van der Waals surface area (Å²) in [5, 5.41) is 2.65. The van der Waals surface area contributed by atoms with E-state index in [-0.39, 0.29) is 6.61 Å². The van der Waals surface area contributed by atoms with Gasteiger partial charge in [-0.3, -0.25) is 4.79 Å². The van der Waals surface area contributed by atoms with Crippen LogP contribution in [0.25, 0.3) is 0 Å². The standard InChI is InChI=1S/C14H19NO3/c1-4-10-8-7-9-11(5-2)12(10)15-13(16)14(17)18-6-3/h7-9H,4-6H2,1-3H3,(H,15,16). The van der Waals surface area contributed by atoms with Crippen LogP contribution in [0.5, 0.6) is 0 Å². The Balaban J connectivity index is 2.95. The number of para-hydroxylation sites is 1. The van der Waals surface area contributed by atoms with Crippen molar-refractivity contribution in [3.05, 3.63) is 29.3 Å². The molecule has 1 aromatic rings. The summed E-state index contributed by atoms with van der Waals surface area (Å²) in [7, 11) is 0. The molecule has 0 fully saturated rings. The van der Waals surface area contributed by atoms with E-state index >= 15 is 0 Å². The lowest BCUT2D eigenvalue weighted by Gasteiger charge is -2.13. The molecular weight excluding hydrogens is 230 g/mol. The summed E-state index contributed by atoms with van der Waals surface area (Å²) in [6.45, 7) is 5.88. The molecule has 0 saturated carbocycles. The minimum Gasteiger partial charge on any atom is -0.459 e. The largest absolute Gasteiger partial charge is 0.459 e. The molecule has 1 N–H and O–H groups in total. The van der Waals surface area contributed by atoms with Crippen molar-refractivity contribution in [2.45, 2.75) is 33.6 Å². The topological polar surface area (TPSA) is 55.4 Å². The van der Waals surface area contributed by atoms with Crippen molar-refractivity contribution in [3.8, 4) is 0 Å². The third-order valence-corrected chi connectivity index (χ3v) is 2.70. The number of hydrogen-bond acceptors (Lipinski definition) is 3. The number of rotatable bonds is 4. The fraction of sp³-hybridized carbons (Fsp3) is 0.429. The molecule has 0 spiro atoms. The van der Waals surface area contributed by atoms with Gasteiger partial charge in [-0.05, 0) is 30.9 Å². The monoisotopic (exact) mass is 249 g/mol. The number of benzene rings is 1. The molecule has 1 amide bonds. The minimum atomic E-state index is -0.842. The Labute approximate surface area is 107 Å². The fourth-order valence-electron chi connectivity index (χ4n) is 1.76. The van der Waals surface area contributed by atoms with E-state index in [2.05, 4.69) is 10.1 Å². The summed E-state index contributed by atoms with van der Waals surface area (Å²) in [5.41, 5.74) is 2.78. The number of aryl methyl sites for hydroxylation is 2. The third-order valence-electron chi connectivity index (χ3n) is 2.70. The average Bonchev–Trinajstić information content (AvgIpc) is 2.39. The van der Waals surface area contributed by atoms with Crippen LogP contribution in [0, 0.1) is 0 Å². The maximum Gasteiger partial charge on any atom is 0.397 e. The molecule has 0 aliphatic heterocycles. The van der Waals surface area contributed by atoms with Crippen LogP contribution < -0.4 is 5.32 Å². The van der Waals surface area contributed by atoms with Crippen LogP contribution in [0.1, 0.15) is 31.9 Å². The Morgan fingerprint density at radius 3 is 2.11 bits per heavy atom. The molecule has 4 heteroatoms.